The fourth-order valence-electron chi connectivity index (χ4n) is 2.96. The predicted molar refractivity (Wildman–Crippen MR) is 79.7 cm³/mol. The number of carbonyl (C=O) groups is 1. The first-order valence-corrected chi connectivity index (χ1v) is 6.98. The fraction of sp³-hybridized carbons (Fsp3) is 0.562. The lowest BCUT2D eigenvalue weighted by Gasteiger charge is -2.31. The Morgan fingerprint density at radius 2 is 1.74 bits per heavy atom. The molecule has 2 rings (SSSR count). The minimum absolute atomic E-state index is 0.167. The molecular formula is C16H24N2O. The first-order chi connectivity index (χ1) is 8.83. The second-order valence-electron chi connectivity index (χ2n) is 6.11. The van der Waals surface area contributed by atoms with Crippen molar-refractivity contribution in [1.29, 1.82) is 0 Å². The van der Waals surface area contributed by atoms with Crippen LogP contribution in [0.4, 0.5) is 5.69 Å². The van der Waals surface area contributed by atoms with Crippen molar-refractivity contribution in [2.45, 2.75) is 46.6 Å². The molecule has 0 spiro atoms. The van der Waals surface area contributed by atoms with E-state index in [4.69, 9.17) is 0 Å². The lowest BCUT2D eigenvalue weighted by Crippen LogP contribution is -2.52. The molecule has 0 atom stereocenters. The molecule has 1 saturated heterocycles. The molecule has 0 unspecified atom stereocenters. The van der Waals surface area contributed by atoms with Gasteiger partial charge < -0.3 is 10.2 Å². The molecule has 104 valence electrons. The summed E-state index contributed by atoms with van der Waals surface area (Å²) in [5.41, 5.74) is 4.22. The molecule has 1 N–H and O–H groups in total. The molecule has 19 heavy (non-hydrogen) atoms. The molecule has 1 fully saturated rings. The molecule has 0 saturated carbocycles. The highest BCUT2D eigenvalue weighted by atomic mass is 16.2. The molecule has 1 aromatic rings. The number of hydrogen-bond acceptors (Lipinski definition) is 2. The van der Waals surface area contributed by atoms with Gasteiger partial charge in [0.25, 0.3) is 0 Å². The Morgan fingerprint density at radius 1 is 1.16 bits per heavy atom. The van der Waals surface area contributed by atoms with E-state index >= 15 is 0 Å². The minimum atomic E-state index is -0.486. The standard InChI is InChI=1S/C16H24N2O/c1-11-9-12(2)14(13(3)10-11)18-8-6-7-17-16(4,5)15(18)19/h9-10,17H,6-8H2,1-5H3. The Hall–Kier alpha value is -1.35. The molecule has 3 nitrogen and oxygen atoms in total. The number of nitrogens with one attached hydrogen (secondary N) is 1. The van der Waals surface area contributed by atoms with Gasteiger partial charge in [0.15, 0.2) is 0 Å². The average molecular weight is 260 g/mol. The maximum Gasteiger partial charge on any atom is 0.246 e. The fourth-order valence-corrected chi connectivity index (χ4v) is 2.96. The molecule has 0 aromatic heterocycles. The molecule has 1 aromatic carbocycles. The maximum atomic E-state index is 12.7. The maximum absolute atomic E-state index is 12.7. The summed E-state index contributed by atoms with van der Waals surface area (Å²) in [4.78, 5) is 14.7. The lowest BCUT2D eigenvalue weighted by molar-refractivity contribution is -0.123. The Labute approximate surface area is 116 Å². The molecular weight excluding hydrogens is 236 g/mol. The van der Waals surface area contributed by atoms with Crippen LogP contribution < -0.4 is 10.2 Å². The van der Waals surface area contributed by atoms with E-state index in [2.05, 4.69) is 38.2 Å². The third-order valence-electron chi connectivity index (χ3n) is 3.81. The molecule has 3 heteroatoms. The van der Waals surface area contributed by atoms with Crippen molar-refractivity contribution in [1.82, 2.24) is 5.32 Å². The van der Waals surface area contributed by atoms with Gasteiger partial charge in [0, 0.05) is 12.2 Å². The number of nitrogens with zero attached hydrogens (tertiary/aromatic N) is 1. The highest BCUT2D eigenvalue weighted by molar-refractivity contribution is 6.01. The van der Waals surface area contributed by atoms with Gasteiger partial charge in [-0.3, -0.25) is 4.79 Å². The van der Waals surface area contributed by atoms with Gasteiger partial charge in [0.1, 0.15) is 0 Å². The Balaban J connectivity index is 2.48. The highest BCUT2D eigenvalue weighted by Gasteiger charge is 2.35. The summed E-state index contributed by atoms with van der Waals surface area (Å²) in [5.74, 6) is 0.167. The molecule has 0 aliphatic carbocycles. The Bertz CT molecular complexity index is 482. The van der Waals surface area contributed by atoms with Gasteiger partial charge in [-0.25, -0.2) is 0 Å². The number of carbonyl (C=O) groups excluding carboxylic acids is 1. The van der Waals surface area contributed by atoms with Gasteiger partial charge in [0.2, 0.25) is 5.91 Å². The van der Waals surface area contributed by atoms with Crippen LogP contribution in [-0.4, -0.2) is 24.5 Å². The van der Waals surface area contributed by atoms with E-state index in [0.717, 1.165) is 25.2 Å². The molecule has 1 aliphatic heterocycles. The van der Waals surface area contributed by atoms with E-state index in [-0.39, 0.29) is 5.91 Å². The van der Waals surface area contributed by atoms with Gasteiger partial charge >= 0.3 is 0 Å². The normalized spacial score (nSPS) is 19.4. The topological polar surface area (TPSA) is 32.3 Å². The van der Waals surface area contributed by atoms with Crippen LogP contribution in [0.25, 0.3) is 0 Å². The van der Waals surface area contributed by atoms with Gasteiger partial charge in [-0.05, 0) is 58.7 Å². The van der Waals surface area contributed by atoms with Crippen molar-refractivity contribution in [2.75, 3.05) is 18.0 Å². The smallest absolute Gasteiger partial charge is 0.246 e. The molecule has 1 heterocycles. The molecule has 1 aliphatic rings. The number of aryl methyl sites for hydroxylation is 3. The van der Waals surface area contributed by atoms with Crippen molar-refractivity contribution in [2.24, 2.45) is 0 Å². The van der Waals surface area contributed by atoms with Gasteiger partial charge in [-0.1, -0.05) is 17.7 Å². The lowest BCUT2D eigenvalue weighted by atomic mass is 10.00. The Morgan fingerprint density at radius 3 is 2.32 bits per heavy atom. The van der Waals surface area contributed by atoms with Crippen LogP contribution in [0, 0.1) is 20.8 Å². The number of anilines is 1. The minimum Gasteiger partial charge on any atom is -0.310 e. The SMILES string of the molecule is Cc1cc(C)c(N2CCCNC(C)(C)C2=O)c(C)c1. The predicted octanol–water partition coefficient (Wildman–Crippen LogP) is 2.72. The second kappa shape index (κ2) is 4.97. The van der Waals surface area contributed by atoms with Crippen LogP contribution >= 0.6 is 0 Å². The number of amides is 1. The van der Waals surface area contributed by atoms with Crippen molar-refractivity contribution < 1.29 is 4.79 Å². The van der Waals surface area contributed by atoms with Crippen molar-refractivity contribution in [3.8, 4) is 0 Å². The largest absolute Gasteiger partial charge is 0.310 e. The third kappa shape index (κ3) is 2.66. The average Bonchev–Trinajstić information content (AvgIpc) is 2.40. The second-order valence-corrected chi connectivity index (χ2v) is 6.11. The van der Waals surface area contributed by atoms with Crippen LogP contribution in [0.15, 0.2) is 12.1 Å². The van der Waals surface area contributed by atoms with Crippen LogP contribution in [0.1, 0.15) is 37.0 Å². The summed E-state index contributed by atoms with van der Waals surface area (Å²) in [6, 6.07) is 4.31. The van der Waals surface area contributed by atoms with Crippen LogP contribution in [-0.2, 0) is 4.79 Å². The van der Waals surface area contributed by atoms with Gasteiger partial charge in [-0.2, -0.15) is 0 Å². The van der Waals surface area contributed by atoms with Crippen LogP contribution in [0.3, 0.4) is 0 Å². The monoisotopic (exact) mass is 260 g/mol. The van der Waals surface area contributed by atoms with E-state index in [1.54, 1.807) is 0 Å². The zero-order chi connectivity index (χ0) is 14.2. The summed E-state index contributed by atoms with van der Waals surface area (Å²) < 4.78 is 0. The quantitative estimate of drug-likeness (QED) is 0.842. The van der Waals surface area contributed by atoms with Crippen molar-refractivity contribution in [3.05, 3.63) is 28.8 Å². The zero-order valence-electron chi connectivity index (χ0n) is 12.6. The molecule has 1 amide bonds. The first-order valence-electron chi connectivity index (χ1n) is 6.98. The van der Waals surface area contributed by atoms with E-state index in [1.807, 2.05) is 18.7 Å². The van der Waals surface area contributed by atoms with Gasteiger partial charge in [-0.15, -0.1) is 0 Å². The van der Waals surface area contributed by atoms with Crippen molar-refractivity contribution >= 4 is 11.6 Å². The molecule has 0 bridgehead atoms. The number of rotatable bonds is 1. The van der Waals surface area contributed by atoms with E-state index in [0.29, 0.717) is 0 Å². The van der Waals surface area contributed by atoms with Crippen LogP contribution in [0.2, 0.25) is 0 Å². The van der Waals surface area contributed by atoms with Crippen molar-refractivity contribution in [3.63, 3.8) is 0 Å². The van der Waals surface area contributed by atoms with E-state index < -0.39 is 5.54 Å². The molecule has 0 radical (unpaired) electrons. The zero-order valence-corrected chi connectivity index (χ0v) is 12.6. The summed E-state index contributed by atoms with van der Waals surface area (Å²) in [5, 5.41) is 3.33. The summed E-state index contributed by atoms with van der Waals surface area (Å²) in [6.07, 6.45) is 0.988. The summed E-state index contributed by atoms with van der Waals surface area (Å²) in [6.45, 7) is 11.9. The summed E-state index contributed by atoms with van der Waals surface area (Å²) >= 11 is 0. The van der Waals surface area contributed by atoms with Crippen LogP contribution in [0.5, 0.6) is 0 Å². The Kier molecular flexibility index (Phi) is 3.68. The highest BCUT2D eigenvalue weighted by Crippen LogP contribution is 2.29. The number of hydrogen-bond donors (Lipinski definition) is 1. The third-order valence-corrected chi connectivity index (χ3v) is 3.81. The first kappa shape index (κ1) is 14.1. The number of benzene rings is 1. The van der Waals surface area contributed by atoms with E-state index in [1.165, 1.54) is 16.7 Å². The van der Waals surface area contributed by atoms with Gasteiger partial charge in [0.05, 0.1) is 5.54 Å². The summed E-state index contributed by atoms with van der Waals surface area (Å²) in [7, 11) is 0. The van der Waals surface area contributed by atoms with E-state index in [9.17, 15) is 4.79 Å².